The minimum Gasteiger partial charge on any atom is -0.0488 e. The molecule has 1 radical (unpaired) electrons. The van der Waals surface area contributed by atoms with Crippen LogP contribution in [-0.4, -0.2) is 0 Å². The van der Waals surface area contributed by atoms with Crippen molar-refractivity contribution in [2.24, 2.45) is 0 Å². The van der Waals surface area contributed by atoms with Gasteiger partial charge >= 0.3 is 0 Å². The van der Waals surface area contributed by atoms with Crippen molar-refractivity contribution in [3.8, 4) is 0 Å². The highest BCUT2D eigenvalue weighted by molar-refractivity contribution is 9.15. The van der Waals surface area contributed by atoms with E-state index in [2.05, 4.69) is 85.7 Å². The molecule has 0 spiro atoms. The lowest BCUT2D eigenvalue weighted by Crippen LogP contribution is -1.78. The summed E-state index contributed by atoms with van der Waals surface area (Å²) in [4.78, 5) is 0. The first-order valence-corrected chi connectivity index (χ1v) is 6.41. The minimum absolute atomic E-state index is 0.888. The van der Waals surface area contributed by atoms with Crippen LogP contribution in [0.15, 0.2) is 22.4 Å². The molecule has 0 aliphatic carbocycles. The zero-order valence-electron chi connectivity index (χ0n) is 4.89. The van der Waals surface area contributed by atoms with Gasteiger partial charge in [-0.3, -0.25) is 0 Å². The minimum atomic E-state index is 0.888. The predicted molar refractivity (Wildman–Crippen MR) is 63.8 cm³/mol. The monoisotopic (exact) mass is 467 g/mol. The van der Waals surface area contributed by atoms with Gasteiger partial charge in [-0.1, -0.05) is 0 Å². The van der Waals surface area contributed by atoms with Crippen LogP contribution in [0.25, 0.3) is 0 Å². The number of benzene rings is 1. The first-order chi connectivity index (χ1) is 5.04. The maximum absolute atomic E-state index is 3.41. The number of hydrogen-bond donors (Lipinski definition) is 0. The Balaban J connectivity index is 3.46. The van der Waals surface area contributed by atoms with Gasteiger partial charge in [0.2, 0.25) is 0 Å². The van der Waals surface area contributed by atoms with Crippen molar-refractivity contribution in [1.82, 2.24) is 0 Å². The number of hydrogen-bond acceptors (Lipinski definition) is 0. The topological polar surface area (TPSA) is 0 Å². The van der Waals surface area contributed by atoms with Crippen LogP contribution in [0.2, 0.25) is 0 Å². The summed E-state index contributed by atoms with van der Waals surface area (Å²) in [6.07, 6.45) is 0. The third kappa shape index (κ3) is 2.30. The zero-order valence-corrected chi connectivity index (χ0v) is 12.8. The molecule has 1 rings (SSSR count). The Morgan fingerprint density at radius 3 is 1.36 bits per heavy atom. The summed E-state index contributed by atoms with van der Waals surface area (Å²) in [7, 11) is 0. The average molecular weight is 472 g/mol. The van der Waals surface area contributed by atoms with Crippen LogP contribution in [0.5, 0.6) is 0 Å². The smallest absolute Gasteiger partial charge is 0.0482 e. The molecule has 1 aromatic carbocycles. The molecule has 0 N–H and O–H groups in total. The standard InChI is InChI=1S/C6Br5/c7-2-1-3(8)5(10)6(11)4(2)9. The fourth-order valence-electron chi connectivity index (χ4n) is 0.495. The van der Waals surface area contributed by atoms with Gasteiger partial charge in [-0.15, -0.1) is 0 Å². The summed E-state index contributed by atoms with van der Waals surface area (Å²) in [6, 6.07) is 3.06. The van der Waals surface area contributed by atoms with Gasteiger partial charge in [0.05, 0.1) is 0 Å². The van der Waals surface area contributed by atoms with Crippen molar-refractivity contribution in [3.05, 3.63) is 28.4 Å². The van der Waals surface area contributed by atoms with Crippen LogP contribution in [-0.2, 0) is 0 Å². The van der Waals surface area contributed by atoms with Gasteiger partial charge in [-0.05, 0) is 79.6 Å². The fourth-order valence-corrected chi connectivity index (χ4v) is 3.34. The Hall–Kier alpha value is 1.62. The highest BCUT2D eigenvalue weighted by atomic mass is 79.9. The van der Waals surface area contributed by atoms with E-state index in [4.69, 9.17) is 0 Å². The second kappa shape index (κ2) is 4.22. The fraction of sp³-hybridized carbons (Fsp3) is 0. The van der Waals surface area contributed by atoms with Crippen LogP contribution in [0.4, 0.5) is 0 Å². The van der Waals surface area contributed by atoms with E-state index in [0.717, 1.165) is 22.4 Å². The predicted octanol–water partition coefficient (Wildman–Crippen LogP) is 5.30. The number of halogens is 5. The highest BCUT2D eigenvalue weighted by Crippen LogP contribution is 2.40. The molecular weight excluding hydrogens is 472 g/mol. The largest absolute Gasteiger partial charge is 0.0488 e. The summed E-state index contributed by atoms with van der Waals surface area (Å²) in [5.41, 5.74) is 0. The summed E-state index contributed by atoms with van der Waals surface area (Å²) in [5, 5.41) is 0. The molecule has 11 heavy (non-hydrogen) atoms. The summed E-state index contributed by atoms with van der Waals surface area (Å²) >= 11 is 16.9. The molecule has 0 fully saturated rings. The van der Waals surface area contributed by atoms with Gasteiger partial charge < -0.3 is 0 Å². The quantitative estimate of drug-likeness (QED) is 0.356. The zero-order chi connectivity index (χ0) is 8.59. The van der Waals surface area contributed by atoms with Crippen molar-refractivity contribution in [3.63, 3.8) is 0 Å². The van der Waals surface area contributed by atoms with Crippen LogP contribution in [0.3, 0.4) is 0 Å². The van der Waals surface area contributed by atoms with Gasteiger partial charge in [0.1, 0.15) is 0 Å². The summed E-state index contributed by atoms with van der Waals surface area (Å²) < 4.78 is 4.65. The lowest BCUT2D eigenvalue weighted by atomic mass is 10.4. The molecule has 0 saturated carbocycles. The Labute approximate surface area is 107 Å². The molecule has 0 aliphatic heterocycles. The van der Waals surface area contributed by atoms with E-state index in [1.807, 2.05) is 0 Å². The third-order valence-corrected chi connectivity index (χ3v) is 6.69. The maximum atomic E-state index is 3.41. The summed E-state index contributed by atoms with van der Waals surface area (Å²) in [6.45, 7) is 0. The van der Waals surface area contributed by atoms with Gasteiger partial charge in [0, 0.05) is 28.4 Å². The van der Waals surface area contributed by atoms with E-state index >= 15 is 0 Å². The first kappa shape index (κ1) is 10.7. The van der Waals surface area contributed by atoms with Crippen molar-refractivity contribution >= 4 is 79.6 Å². The molecular formula is C6Br5. The molecule has 1 aromatic rings. The molecule has 5 heteroatoms. The molecule has 0 amide bonds. The van der Waals surface area contributed by atoms with Crippen LogP contribution in [0, 0.1) is 6.07 Å². The van der Waals surface area contributed by atoms with E-state index in [1.54, 1.807) is 0 Å². The van der Waals surface area contributed by atoms with E-state index < -0.39 is 0 Å². The third-order valence-electron chi connectivity index (χ3n) is 0.990. The second-order valence-corrected chi connectivity index (χ2v) is 5.66. The average Bonchev–Trinajstić information content (AvgIpc) is 1.97. The van der Waals surface area contributed by atoms with Crippen molar-refractivity contribution in [2.75, 3.05) is 0 Å². The van der Waals surface area contributed by atoms with Gasteiger partial charge in [0.25, 0.3) is 0 Å². The SMILES string of the molecule is Brc1[c]c(Br)c(Br)c(Br)c1Br. The molecule has 0 atom stereocenters. The van der Waals surface area contributed by atoms with Crippen molar-refractivity contribution in [1.29, 1.82) is 0 Å². The summed E-state index contributed by atoms with van der Waals surface area (Å²) in [5.74, 6) is 0. The van der Waals surface area contributed by atoms with Gasteiger partial charge in [-0.25, -0.2) is 0 Å². The Bertz CT molecular complexity index is 267. The molecule has 0 saturated heterocycles. The van der Waals surface area contributed by atoms with E-state index in [-0.39, 0.29) is 0 Å². The van der Waals surface area contributed by atoms with Crippen molar-refractivity contribution in [2.45, 2.75) is 0 Å². The van der Waals surface area contributed by atoms with E-state index in [9.17, 15) is 0 Å². The highest BCUT2D eigenvalue weighted by Gasteiger charge is 2.09. The van der Waals surface area contributed by atoms with Gasteiger partial charge in [-0.2, -0.15) is 0 Å². The maximum Gasteiger partial charge on any atom is 0.0482 e. The Kier molecular flexibility index (Phi) is 4.11. The van der Waals surface area contributed by atoms with Crippen molar-refractivity contribution < 1.29 is 0 Å². The van der Waals surface area contributed by atoms with E-state index in [1.165, 1.54) is 0 Å². The molecule has 0 aliphatic rings. The molecule has 0 unspecified atom stereocenters. The second-order valence-electron chi connectivity index (χ2n) is 1.69. The van der Waals surface area contributed by atoms with Crippen LogP contribution >= 0.6 is 79.6 Å². The normalized spacial score (nSPS) is 10.3. The van der Waals surface area contributed by atoms with Crippen LogP contribution < -0.4 is 0 Å². The molecule has 0 nitrogen and oxygen atoms in total. The molecule has 59 valence electrons. The Morgan fingerprint density at radius 2 is 1.00 bits per heavy atom. The molecule has 0 heterocycles. The number of rotatable bonds is 0. The van der Waals surface area contributed by atoms with Gasteiger partial charge in [0.15, 0.2) is 0 Å². The molecule has 0 aromatic heterocycles. The van der Waals surface area contributed by atoms with Crippen LogP contribution in [0.1, 0.15) is 0 Å². The Morgan fingerprint density at radius 1 is 0.636 bits per heavy atom. The van der Waals surface area contributed by atoms with E-state index in [0.29, 0.717) is 0 Å². The lowest BCUT2D eigenvalue weighted by molar-refractivity contribution is 1.44. The molecule has 0 bridgehead atoms. The lowest BCUT2D eigenvalue weighted by Gasteiger charge is -2.03. The first-order valence-electron chi connectivity index (χ1n) is 2.44.